The van der Waals surface area contributed by atoms with Crippen LogP contribution >= 0.6 is 34.5 Å². The number of carbonyl (C=O) groups excluding carboxylic acids is 2. The number of benzene rings is 2. The van der Waals surface area contributed by atoms with Crippen LogP contribution in [-0.2, 0) is 9.59 Å². The molecule has 1 aliphatic rings. The number of thiazole rings is 1. The third-order valence-electron chi connectivity index (χ3n) is 5.20. The summed E-state index contributed by atoms with van der Waals surface area (Å²) >= 11 is 13.5. The van der Waals surface area contributed by atoms with Gasteiger partial charge in [0.25, 0.3) is 5.78 Å². The Morgan fingerprint density at radius 3 is 2.70 bits per heavy atom. The van der Waals surface area contributed by atoms with Gasteiger partial charge in [0.1, 0.15) is 11.5 Å². The number of aromatic nitrogens is 1. The normalized spacial score (nSPS) is 17.5. The van der Waals surface area contributed by atoms with Crippen LogP contribution in [0, 0.1) is 0 Å². The second-order valence-electron chi connectivity index (χ2n) is 7.39. The van der Waals surface area contributed by atoms with Gasteiger partial charge in [0.15, 0.2) is 5.13 Å². The van der Waals surface area contributed by atoms with Crippen LogP contribution in [0.15, 0.2) is 59.6 Å². The highest BCUT2D eigenvalue weighted by atomic mass is 35.5. The third kappa shape index (κ3) is 4.62. The van der Waals surface area contributed by atoms with E-state index in [9.17, 15) is 14.7 Å². The molecule has 2 heterocycles. The van der Waals surface area contributed by atoms with Crippen molar-refractivity contribution >= 4 is 57.1 Å². The van der Waals surface area contributed by atoms with Crippen molar-refractivity contribution in [2.24, 2.45) is 0 Å². The van der Waals surface area contributed by atoms with Gasteiger partial charge < -0.3 is 9.84 Å². The van der Waals surface area contributed by atoms with Crippen molar-refractivity contribution in [1.82, 2.24) is 4.98 Å². The van der Waals surface area contributed by atoms with Crippen molar-refractivity contribution in [3.8, 4) is 5.75 Å². The van der Waals surface area contributed by atoms with Crippen molar-refractivity contribution in [2.45, 2.75) is 25.8 Å². The molecule has 1 aliphatic heterocycles. The molecule has 1 aromatic heterocycles. The molecule has 9 heteroatoms. The molecule has 1 fully saturated rings. The van der Waals surface area contributed by atoms with Gasteiger partial charge in [-0.25, -0.2) is 4.98 Å². The quantitative estimate of drug-likeness (QED) is 0.178. The SMILES string of the molecule is CCCCOc1cccc(C(O)=C2C(=O)C(=O)N(c3nccs3)C2c2ccc(Cl)c(Cl)c2)c1. The summed E-state index contributed by atoms with van der Waals surface area (Å²) < 4.78 is 5.73. The van der Waals surface area contributed by atoms with E-state index in [1.807, 2.05) is 0 Å². The number of hydrogen-bond acceptors (Lipinski definition) is 6. The number of halogens is 2. The van der Waals surface area contributed by atoms with Crippen molar-refractivity contribution in [1.29, 1.82) is 0 Å². The van der Waals surface area contributed by atoms with E-state index >= 15 is 0 Å². The Bertz CT molecular complexity index is 1230. The highest BCUT2D eigenvalue weighted by Gasteiger charge is 2.48. The fourth-order valence-electron chi connectivity index (χ4n) is 3.59. The van der Waals surface area contributed by atoms with Gasteiger partial charge >= 0.3 is 5.91 Å². The number of anilines is 1. The fourth-order valence-corrected chi connectivity index (χ4v) is 4.56. The van der Waals surface area contributed by atoms with Gasteiger partial charge in [-0.3, -0.25) is 14.5 Å². The van der Waals surface area contributed by atoms with Crippen LogP contribution < -0.4 is 9.64 Å². The molecule has 1 unspecified atom stereocenters. The molecule has 0 saturated carbocycles. The number of ketones is 1. The Morgan fingerprint density at radius 2 is 2.00 bits per heavy atom. The van der Waals surface area contributed by atoms with E-state index in [1.165, 1.54) is 16.2 Å². The van der Waals surface area contributed by atoms with Crippen molar-refractivity contribution < 1.29 is 19.4 Å². The standard InChI is InChI=1S/C24H20Cl2N2O4S/c1-2-3-10-32-16-6-4-5-15(12-16)21(29)19-20(14-7-8-17(25)18(26)13-14)28(23(31)22(19)30)24-27-9-11-33-24/h4-9,11-13,20,29H,2-3,10H2,1H3. The second-order valence-corrected chi connectivity index (χ2v) is 9.07. The summed E-state index contributed by atoms with van der Waals surface area (Å²) in [5.41, 5.74) is 0.834. The lowest BCUT2D eigenvalue weighted by Gasteiger charge is -2.23. The minimum Gasteiger partial charge on any atom is -0.507 e. The Hall–Kier alpha value is -2.87. The van der Waals surface area contributed by atoms with Crippen LogP contribution in [0.3, 0.4) is 0 Å². The molecule has 0 bridgehead atoms. The van der Waals surface area contributed by atoms with Crippen LogP contribution in [0.1, 0.15) is 36.9 Å². The zero-order valence-electron chi connectivity index (χ0n) is 17.6. The first-order chi connectivity index (χ1) is 15.9. The summed E-state index contributed by atoms with van der Waals surface area (Å²) in [6, 6.07) is 10.7. The van der Waals surface area contributed by atoms with Gasteiger partial charge in [-0.2, -0.15) is 0 Å². The summed E-state index contributed by atoms with van der Waals surface area (Å²) in [4.78, 5) is 31.7. The van der Waals surface area contributed by atoms with Crippen LogP contribution in [0.5, 0.6) is 5.75 Å². The molecule has 1 saturated heterocycles. The van der Waals surface area contributed by atoms with E-state index in [0.717, 1.165) is 12.8 Å². The molecular weight excluding hydrogens is 483 g/mol. The molecule has 2 aromatic carbocycles. The fraction of sp³-hybridized carbons (Fsp3) is 0.208. The number of ether oxygens (including phenoxy) is 1. The van der Waals surface area contributed by atoms with Crippen molar-refractivity contribution in [2.75, 3.05) is 11.5 Å². The summed E-state index contributed by atoms with van der Waals surface area (Å²) in [5, 5.41) is 13.9. The summed E-state index contributed by atoms with van der Waals surface area (Å²) in [7, 11) is 0. The largest absolute Gasteiger partial charge is 0.507 e. The number of rotatable bonds is 7. The highest BCUT2D eigenvalue weighted by molar-refractivity contribution is 7.14. The summed E-state index contributed by atoms with van der Waals surface area (Å²) in [6.07, 6.45) is 3.43. The van der Waals surface area contributed by atoms with Crippen molar-refractivity contribution in [3.63, 3.8) is 0 Å². The number of hydrogen-bond donors (Lipinski definition) is 1. The molecule has 0 radical (unpaired) electrons. The minimum atomic E-state index is -0.921. The number of aliphatic hydroxyl groups excluding tert-OH is 1. The van der Waals surface area contributed by atoms with Gasteiger partial charge in [0.2, 0.25) is 0 Å². The minimum absolute atomic E-state index is 0.0562. The van der Waals surface area contributed by atoms with Gasteiger partial charge in [-0.15, -0.1) is 11.3 Å². The van der Waals surface area contributed by atoms with Crippen LogP contribution in [0.4, 0.5) is 5.13 Å². The van der Waals surface area contributed by atoms with Gasteiger partial charge in [-0.05, 0) is 36.2 Å². The Morgan fingerprint density at radius 1 is 1.18 bits per heavy atom. The van der Waals surface area contributed by atoms with Gasteiger partial charge in [0.05, 0.1) is 28.3 Å². The maximum absolute atomic E-state index is 13.1. The number of nitrogens with zero attached hydrogens (tertiary/aromatic N) is 2. The molecule has 0 aliphatic carbocycles. The van der Waals surface area contributed by atoms with Crippen LogP contribution in [-0.4, -0.2) is 28.4 Å². The lowest BCUT2D eigenvalue weighted by atomic mass is 9.95. The molecule has 4 rings (SSSR count). The Labute approximate surface area is 205 Å². The third-order valence-corrected chi connectivity index (χ3v) is 6.71. The maximum atomic E-state index is 13.1. The lowest BCUT2D eigenvalue weighted by Crippen LogP contribution is -2.29. The molecule has 0 spiro atoms. The zero-order chi connectivity index (χ0) is 23.5. The van der Waals surface area contributed by atoms with E-state index in [-0.39, 0.29) is 16.4 Å². The topological polar surface area (TPSA) is 79.7 Å². The number of carbonyl (C=O) groups is 2. The van der Waals surface area contributed by atoms with E-state index in [1.54, 1.807) is 54.0 Å². The molecule has 6 nitrogen and oxygen atoms in total. The molecule has 1 amide bonds. The predicted molar refractivity (Wildman–Crippen MR) is 130 cm³/mol. The van der Waals surface area contributed by atoms with E-state index < -0.39 is 17.7 Å². The average molecular weight is 503 g/mol. The Kier molecular flexibility index (Phi) is 7.02. The number of amides is 1. The van der Waals surface area contributed by atoms with E-state index in [0.29, 0.717) is 33.6 Å². The first kappa shape index (κ1) is 23.3. The monoisotopic (exact) mass is 502 g/mol. The number of Topliss-reactive ketones (excluding diaryl/α,β-unsaturated/α-hetero) is 1. The Balaban J connectivity index is 1.84. The smallest absolute Gasteiger partial charge is 0.301 e. The molecule has 33 heavy (non-hydrogen) atoms. The van der Waals surface area contributed by atoms with Gasteiger partial charge in [0, 0.05) is 17.1 Å². The number of unbranched alkanes of at least 4 members (excludes halogenated alkanes) is 1. The van der Waals surface area contributed by atoms with E-state index in [2.05, 4.69) is 11.9 Å². The summed E-state index contributed by atoms with van der Waals surface area (Å²) in [5.74, 6) is -1.33. The average Bonchev–Trinajstić information content (AvgIpc) is 3.42. The molecule has 170 valence electrons. The lowest BCUT2D eigenvalue weighted by molar-refractivity contribution is -0.132. The van der Waals surface area contributed by atoms with E-state index in [4.69, 9.17) is 27.9 Å². The second kappa shape index (κ2) is 9.95. The zero-order valence-corrected chi connectivity index (χ0v) is 20.0. The van der Waals surface area contributed by atoms with Crippen molar-refractivity contribution in [3.05, 3.63) is 80.8 Å². The molecule has 1 atom stereocenters. The highest BCUT2D eigenvalue weighted by Crippen LogP contribution is 2.44. The first-order valence-corrected chi connectivity index (χ1v) is 11.9. The maximum Gasteiger partial charge on any atom is 0.301 e. The van der Waals surface area contributed by atoms with Crippen LogP contribution in [0.2, 0.25) is 10.0 Å². The van der Waals surface area contributed by atoms with Crippen LogP contribution in [0.25, 0.3) is 5.76 Å². The predicted octanol–water partition coefficient (Wildman–Crippen LogP) is 6.26. The first-order valence-electron chi connectivity index (χ1n) is 10.3. The molecule has 3 aromatic rings. The van der Waals surface area contributed by atoms with Gasteiger partial charge in [-0.1, -0.05) is 54.7 Å². The summed E-state index contributed by atoms with van der Waals surface area (Å²) in [6.45, 7) is 2.61. The molecular formula is C24H20Cl2N2O4S. The number of aliphatic hydroxyl groups is 1. The molecule has 1 N–H and O–H groups in total.